The van der Waals surface area contributed by atoms with Crippen molar-refractivity contribution >= 4 is 28.2 Å². The van der Waals surface area contributed by atoms with E-state index in [9.17, 15) is 17.6 Å². The van der Waals surface area contributed by atoms with E-state index in [2.05, 4.69) is 68.5 Å². The van der Waals surface area contributed by atoms with E-state index in [-0.39, 0.29) is 16.8 Å². The van der Waals surface area contributed by atoms with Gasteiger partial charge in [-0.2, -0.15) is 13.2 Å². The molecule has 40 heavy (non-hydrogen) atoms. The van der Waals surface area contributed by atoms with E-state index in [1.54, 1.807) is 13.0 Å². The van der Waals surface area contributed by atoms with Crippen molar-refractivity contribution in [3.8, 4) is 0 Å². The van der Waals surface area contributed by atoms with Crippen LogP contribution in [-0.2, 0) is 6.42 Å². The highest BCUT2D eigenvalue weighted by atomic mass is 35.5. The molecule has 0 aliphatic rings. The molecule has 1 aromatic heterocycles. The zero-order valence-corrected chi connectivity index (χ0v) is 25.1. The van der Waals surface area contributed by atoms with E-state index in [0.29, 0.717) is 18.1 Å². The van der Waals surface area contributed by atoms with Gasteiger partial charge in [-0.3, -0.25) is 4.99 Å². The SMILES string of the molecule is C=C/C(=C\N=C(C)CCC)C(F)(F)F.CCCCc1c(C(C)c2ccc(C(C)C)cc2)[nH]c2cc(F)c(Cl)cc12. The summed E-state index contributed by atoms with van der Waals surface area (Å²) in [5, 5.41) is 1.24. The molecule has 7 heteroatoms. The van der Waals surface area contributed by atoms with E-state index in [1.165, 1.54) is 28.5 Å². The Labute approximate surface area is 241 Å². The monoisotopic (exact) mass is 576 g/mol. The van der Waals surface area contributed by atoms with Crippen molar-refractivity contribution in [2.45, 2.75) is 91.7 Å². The maximum atomic E-state index is 13.9. The van der Waals surface area contributed by atoms with Gasteiger partial charge in [-0.05, 0) is 60.9 Å². The van der Waals surface area contributed by atoms with Crippen LogP contribution >= 0.6 is 11.6 Å². The van der Waals surface area contributed by atoms with Gasteiger partial charge in [0.2, 0.25) is 0 Å². The van der Waals surface area contributed by atoms with E-state index < -0.39 is 11.7 Å². The lowest BCUT2D eigenvalue weighted by atomic mass is 9.91. The third-order valence-electron chi connectivity index (χ3n) is 6.88. The van der Waals surface area contributed by atoms with E-state index in [1.807, 2.05) is 6.92 Å². The highest BCUT2D eigenvalue weighted by Gasteiger charge is 2.31. The molecule has 0 fully saturated rings. The average molecular weight is 577 g/mol. The molecule has 0 aliphatic carbocycles. The van der Waals surface area contributed by atoms with Gasteiger partial charge in [-0.15, -0.1) is 0 Å². The average Bonchev–Trinajstić information content (AvgIpc) is 3.24. The summed E-state index contributed by atoms with van der Waals surface area (Å²) in [7, 11) is 0. The van der Waals surface area contributed by atoms with Crippen LogP contribution in [0.15, 0.2) is 65.8 Å². The van der Waals surface area contributed by atoms with Gasteiger partial charge in [0, 0.05) is 34.4 Å². The number of alkyl halides is 3. The Morgan fingerprint density at radius 3 is 2.20 bits per heavy atom. The number of unbranched alkanes of at least 4 members (excludes halogenated alkanes) is 1. The van der Waals surface area contributed by atoms with Gasteiger partial charge in [0.05, 0.1) is 10.6 Å². The molecule has 1 N–H and O–H groups in total. The zero-order chi connectivity index (χ0) is 30.0. The lowest BCUT2D eigenvalue weighted by molar-refractivity contribution is -0.0883. The second-order valence-corrected chi connectivity index (χ2v) is 10.8. The minimum absolute atomic E-state index is 0.190. The molecular weight excluding hydrogens is 536 g/mol. The molecule has 0 bridgehead atoms. The fraction of sp³-hybridized carbons (Fsp3) is 0.424. The number of benzene rings is 2. The summed E-state index contributed by atoms with van der Waals surface area (Å²) in [6.45, 7) is 15.6. The summed E-state index contributed by atoms with van der Waals surface area (Å²) in [5.41, 5.74) is 5.77. The Morgan fingerprint density at radius 1 is 1.05 bits per heavy atom. The van der Waals surface area contributed by atoms with Crippen molar-refractivity contribution < 1.29 is 17.6 Å². The number of hydrogen-bond acceptors (Lipinski definition) is 1. The lowest BCUT2D eigenvalue weighted by Crippen LogP contribution is -2.09. The van der Waals surface area contributed by atoms with Crippen LogP contribution < -0.4 is 0 Å². The number of fused-ring (bicyclic) bond motifs is 1. The number of aromatic amines is 1. The van der Waals surface area contributed by atoms with Crippen LogP contribution in [0, 0.1) is 5.82 Å². The normalized spacial score (nSPS) is 13.4. The number of rotatable bonds is 10. The smallest absolute Gasteiger partial charge is 0.358 e. The van der Waals surface area contributed by atoms with Gasteiger partial charge < -0.3 is 4.98 Å². The number of halogens is 5. The first-order valence-corrected chi connectivity index (χ1v) is 14.2. The molecule has 0 radical (unpaired) electrons. The fourth-order valence-corrected chi connectivity index (χ4v) is 4.61. The zero-order valence-electron chi connectivity index (χ0n) is 24.4. The number of nitrogens with zero attached hydrogens (tertiary/aromatic N) is 1. The minimum atomic E-state index is -4.36. The molecule has 1 atom stereocenters. The van der Waals surface area contributed by atoms with Crippen molar-refractivity contribution in [2.75, 3.05) is 0 Å². The number of aliphatic imine (C=N–C) groups is 1. The summed E-state index contributed by atoms with van der Waals surface area (Å²) in [6.07, 6.45) is 2.00. The van der Waals surface area contributed by atoms with E-state index in [0.717, 1.165) is 48.9 Å². The maximum Gasteiger partial charge on any atom is 0.417 e. The van der Waals surface area contributed by atoms with Crippen molar-refractivity contribution in [1.29, 1.82) is 0 Å². The predicted molar refractivity (Wildman–Crippen MR) is 162 cm³/mol. The minimum Gasteiger partial charge on any atom is -0.358 e. The number of allylic oxidation sites excluding steroid dienone is 2. The Bertz CT molecular complexity index is 1310. The third-order valence-corrected chi connectivity index (χ3v) is 7.17. The second kappa shape index (κ2) is 15.2. The molecule has 0 saturated carbocycles. The number of H-pyrrole nitrogens is 1. The first kappa shape index (κ1) is 33.3. The number of hydrogen-bond donors (Lipinski definition) is 1. The van der Waals surface area contributed by atoms with Crippen LogP contribution in [0.1, 0.15) is 101 Å². The summed E-state index contributed by atoms with van der Waals surface area (Å²) < 4.78 is 50.4. The Kier molecular flexibility index (Phi) is 12.7. The van der Waals surface area contributed by atoms with Crippen molar-refractivity contribution in [1.82, 2.24) is 4.98 Å². The Morgan fingerprint density at radius 2 is 1.68 bits per heavy atom. The van der Waals surface area contributed by atoms with Crippen molar-refractivity contribution in [2.24, 2.45) is 4.99 Å². The first-order chi connectivity index (χ1) is 18.8. The van der Waals surface area contributed by atoms with Crippen LogP contribution in [0.3, 0.4) is 0 Å². The summed E-state index contributed by atoms with van der Waals surface area (Å²) >= 11 is 6.06. The standard InChI is InChI=1S/C23H27ClFN.C10H14F3N/c1-5-6-7-18-19-12-20(24)21(25)13-22(19)26-23(18)15(4)17-10-8-16(9-11-17)14(2)3;1-4-6-8(3)14-7-9(5-2)10(11,12)13/h8-15,26H,5-7H2,1-4H3;5,7H,2,4,6H2,1,3H3/b;9-7+,14-8?. The van der Waals surface area contributed by atoms with Gasteiger partial charge in [0.15, 0.2) is 0 Å². The molecule has 2 aromatic carbocycles. The summed E-state index contributed by atoms with van der Waals surface area (Å²) in [5.74, 6) is 0.373. The first-order valence-electron chi connectivity index (χ1n) is 13.9. The number of aromatic nitrogens is 1. The van der Waals surface area contributed by atoms with Crippen LogP contribution in [-0.4, -0.2) is 16.9 Å². The molecule has 1 heterocycles. The number of nitrogens with one attached hydrogen (secondary N) is 1. The van der Waals surface area contributed by atoms with Crippen molar-refractivity contribution in [3.05, 3.63) is 94.1 Å². The maximum absolute atomic E-state index is 13.9. The van der Waals surface area contributed by atoms with E-state index in [4.69, 9.17) is 11.6 Å². The highest BCUT2D eigenvalue weighted by Crippen LogP contribution is 2.35. The molecule has 3 rings (SSSR count). The molecule has 0 amide bonds. The van der Waals surface area contributed by atoms with Crippen LogP contribution in [0.5, 0.6) is 0 Å². The second-order valence-electron chi connectivity index (χ2n) is 10.4. The van der Waals surface area contributed by atoms with E-state index >= 15 is 0 Å². The highest BCUT2D eigenvalue weighted by molar-refractivity contribution is 6.31. The Hall–Kier alpha value is -2.86. The fourth-order valence-electron chi connectivity index (χ4n) is 4.44. The molecule has 2 nitrogen and oxygen atoms in total. The topological polar surface area (TPSA) is 28.1 Å². The van der Waals surface area contributed by atoms with Crippen molar-refractivity contribution in [3.63, 3.8) is 0 Å². The largest absolute Gasteiger partial charge is 0.417 e. The molecule has 0 spiro atoms. The summed E-state index contributed by atoms with van der Waals surface area (Å²) in [4.78, 5) is 7.19. The quantitative estimate of drug-likeness (QED) is 0.141. The molecule has 218 valence electrons. The van der Waals surface area contributed by atoms with Gasteiger partial charge in [-0.25, -0.2) is 4.39 Å². The van der Waals surface area contributed by atoms with Gasteiger partial charge in [0.25, 0.3) is 0 Å². The molecular formula is C33H41ClF4N2. The number of aryl methyl sites for hydroxylation is 1. The van der Waals surface area contributed by atoms with Crippen LogP contribution in [0.25, 0.3) is 10.9 Å². The molecule has 1 unspecified atom stereocenters. The lowest BCUT2D eigenvalue weighted by Gasteiger charge is -2.15. The van der Waals surface area contributed by atoms with Crippen LogP contribution in [0.2, 0.25) is 5.02 Å². The Balaban J connectivity index is 0.000000342. The molecule has 0 saturated heterocycles. The molecule has 3 aromatic rings. The van der Waals surface area contributed by atoms with Gasteiger partial charge >= 0.3 is 6.18 Å². The van der Waals surface area contributed by atoms with Gasteiger partial charge in [-0.1, -0.05) is 96.0 Å². The van der Waals surface area contributed by atoms with Gasteiger partial charge in [0.1, 0.15) is 5.82 Å². The van der Waals surface area contributed by atoms with Crippen LogP contribution in [0.4, 0.5) is 17.6 Å². The third kappa shape index (κ3) is 9.09. The molecule has 0 aliphatic heterocycles. The summed E-state index contributed by atoms with van der Waals surface area (Å²) in [6, 6.07) is 12.1. The predicted octanol–water partition coefficient (Wildman–Crippen LogP) is 11.5.